The van der Waals surface area contributed by atoms with Gasteiger partial charge < -0.3 is 20.4 Å². The molecular formula is C19H27ClN4O2. The van der Waals surface area contributed by atoms with E-state index in [4.69, 9.17) is 5.73 Å². The first-order valence-corrected chi connectivity index (χ1v) is 9.32. The lowest BCUT2D eigenvalue weighted by Crippen LogP contribution is -2.53. The van der Waals surface area contributed by atoms with Crippen molar-refractivity contribution >= 4 is 35.6 Å². The Hall–Kier alpha value is -1.95. The maximum atomic E-state index is 12.7. The Balaban J connectivity index is 0.00000196. The number of rotatable bonds is 3. The quantitative estimate of drug-likeness (QED) is 0.810. The van der Waals surface area contributed by atoms with E-state index in [1.165, 1.54) is 5.56 Å². The van der Waals surface area contributed by atoms with E-state index in [-0.39, 0.29) is 30.1 Å². The Kier molecular flexibility index (Phi) is 5.61. The molecule has 0 aromatic heterocycles. The molecule has 1 aromatic rings. The van der Waals surface area contributed by atoms with Crippen molar-refractivity contribution in [1.82, 2.24) is 9.80 Å². The molecule has 7 heteroatoms. The van der Waals surface area contributed by atoms with E-state index in [1.54, 1.807) is 0 Å². The maximum absolute atomic E-state index is 12.7. The lowest BCUT2D eigenvalue weighted by atomic mass is 10.00. The van der Waals surface area contributed by atoms with Gasteiger partial charge in [0.1, 0.15) is 0 Å². The number of amides is 2. The van der Waals surface area contributed by atoms with Crippen LogP contribution in [0.5, 0.6) is 0 Å². The van der Waals surface area contributed by atoms with Crippen LogP contribution >= 0.6 is 12.4 Å². The van der Waals surface area contributed by atoms with Crippen LogP contribution in [0.2, 0.25) is 0 Å². The molecule has 0 atom stereocenters. The van der Waals surface area contributed by atoms with Gasteiger partial charge in [-0.3, -0.25) is 9.59 Å². The molecule has 2 fully saturated rings. The van der Waals surface area contributed by atoms with Crippen molar-refractivity contribution in [3.8, 4) is 0 Å². The Morgan fingerprint density at radius 3 is 2.42 bits per heavy atom. The number of halogens is 1. The van der Waals surface area contributed by atoms with Crippen LogP contribution in [-0.4, -0.2) is 60.9 Å². The van der Waals surface area contributed by atoms with E-state index >= 15 is 0 Å². The zero-order chi connectivity index (χ0) is 17.4. The van der Waals surface area contributed by atoms with E-state index in [2.05, 4.69) is 11.0 Å². The van der Waals surface area contributed by atoms with Crippen molar-refractivity contribution in [2.45, 2.75) is 25.7 Å². The Labute approximate surface area is 160 Å². The van der Waals surface area contributed by atoms with Gasteiger partial charge in [-0.2, -0.15) is 0 Å². The lowest BCUT2D eigenvalue weighted by Gasteiger charge is -2.37. The monoisotopic (exact) mass is 378 g/mol. The Bertz CT molecular complexity index is 684. The van der Waals surface area contributed by atoms with Crippen LogP contribution in [0, 0.1) is 5.92 Å². The normalized spacial score (nSPS) is 19.6. The topological polar surface area (TPSA) is 69.9 Å². The molecule has 26 heavy (non-hydrogen) atoms. The number of benzene rings is 1. The van der Waals surface area contributed by atoms with Gasteiger partial charge in [0, 0.05) is 50.0 Å². The highest BCUT2D eigenvalue weighted by Gasteiger charge is 2.35. The number of piperazine rings is 1. The standard InChI is InChI=1S/C19H26N4O2.ClH/c20-16-4-1-5-17-15(16)3-2-8-23(17)13-18(24)21-9-11-22(12-10-21)19(25)14-6-7-14;/h1,4-5,14H,2-3,6-13,20H2;1H. The number of carbonyl (C=O) groups is 2. The predicted molar refractivity (Wildman–Crippen MR) is 105 cm³/mol. The van der Waals surface area contributed by atoms with Crippen LogP contribution in [0.15, 0.2) is 18.2 Å². The highest BCUT2D eigenvalue weighted by Crippen LogP contribution is 2.32. The fourth-order valence-electron chi connectivity index (χ4n) is 3.92. The molecule has 0 bridgehead atoms. The third-order valence-corrected chi connectivity index (χ3v) is 5.58. The molecule has 2 heterocycles. The Morgan fingerprint density at radius 1 is 1.04 bits per heavy atom. The van der Waals surface area contributed by atoms with Crippen LogP contribution in [0.3, 0.4) is 0 Å². The summed E-state index contributed by atoms with van der Waals surface area (Å²) in [7, 11) is 0. The van der Waals surface area contributed by atoms with Crippen molar-refractivity contribution in [3.05, 3.63) is 23.8 Å². The molecule has 1 aliphatic carbocycles. The fourth-order valence-corrected chi connectivity index (χ4v) is 3.92. The summed E-state index contributed by atoms with van der Waals surface area (Å²) in [5.74, 6) is 0.693. The molecular weight excluding hydrogens is 352 g/mol. The average molecular weight is 379 g/mol. The van der Waals surface area contributed by atoms with Gasteiger partial charge in [0.2, 0.25) is 11.8 Å². The molecule has 2 N–H and O–H groups in total. The number of carbonyl (C=O) groups excluding carboxylic acids is 2. The number of fused-ring (bicyclic) bond motifs is 1. The third-order valence-electron chi connectivity index (χ3n) is 5.58. The van der Waals surface area contributed by atoms with Gasteiger partial charge in [0.05, 0.1) is 6.54 Å². The second kappa shape index (κ2) is 7.74. The van der Waals surface area contributed by atoms with Gasteiger partial charge in [-0.05, 0) is 43.4 Å². The number of nitrogens with two attached hydrogens (primary N) is 1. The largest absolute Gasteiger partial charge is 0.398 e. The van der Waals surface area contributed by atoms with Crippen molar-refractivity contribution < 1.29 is 9.59 Å². The van der Waals surface area contributed by atoms with Crippen LogP contribution < -0.4 is 10.6 Å². The van der Waals surface area contributed by atoms with Crippen LogP contribution in [0.4, 0.5) is 11.4 Å². The average Bonchev–Trinajstić information content (AvgIpc) is 3.47. The summed E-state index contributed by atoms with van der Waals surface area (Å²) in [6.07, 6.45) is 4.08. The highest BCUT2D eigenvalue weighted by molar-refractivity contribution is 5.85. The summed E-state index contributed by atoms with van der Waals surface area (Å²) in [5, 5.41) is 0. The molecule has 0 radical (unpaired) electrons. The molecule has 0 spiro atoms. The molecule has 1 saturated heterocycles. The summed E-state index contributed by atoms with van der Waals surface area (Å²) in [6.45, 7) is 3.93. The van der Waals surface area contributed by atoms with Gasteiger partial charge in [0.15, 0.2) is 0 Å². The zero-order valence-electron chi connectivity index (χ0n) is 15.0. The second-order valence-corrected chi connectivity index (χ2v) is 7.35. The van der Waals surface area contributed by atoms with Gasteiger partial charge >= 0.3 is 0 Å². The van der Waals surface area contributed by atoms with E-state index in [0.717, 1.165) is 43.6 Å². The van der Waals surface area contributed by atoms with Crippen LogP contribution in [0.1, 0.15) is 24.8 Å². The first-order chi connectivity index (χ1) is 12.1. The number of nitrogens with zero attached hydrogens (tertiary/aromatic N) is 3. The van der Waals surface area contributed by atoms with Crippen molar-refractivity contribution in [3.63, 3.8) is 0 Å². The molecule has 1 saturated carbocycles. The van der Waals surface area contributed by atoms with Crippen molar-refractivity contribution in [2.75, 3.05) is 49.9 Å². The molecule has 1 aromatic carbocycles. The van der Waals surface area contributed by atoms with Gasteiger partial charge in [-0.25, -0.2) is 0 Å². The van der Waals surface area contributed by atoms with Crippen molar-refractivity contribution in [2.24, 2.45) is 5.92 Å². The minimum atomic E-state index is 0. The molecule has 2 aliphatic heterocycles. The molecule has 142 valence electrons. The zero-order valence-corrected chi connectivity index (χ0v) is 15.8. The van der Waals surface area contributed by atoms with Gasteiger partial charge in [-0.1, -0.05) is 6.07 Å². The summed E-state index contributed by atoms with van der Waals surface area (Å²) in [6, 6.07) is 5.95. The first kappa shape index (κ1) is 18.8. The number of hydrogen-bond acceptors (Lipinski definition) is 4. The molecule has 6 nitrogen and oxygen atoms in total. The molecule has 3 aliphatic rings. The van der Waals surface area contributed by atoms with E-state index in [9.17, 15) is 9.59 Å². The smallest absolute Gasteiger partial charge is 0.242 e. The molecule has 0 unspecified atom stereocenters. The summed E-state index contributed by atoms with van der Waals surface area (Å²) in [5.41, 5.74) is 9.18. The Morgan fingerprint density at radius 2 is 1.73 bits per heavy atom. The maximum Gasteiger partial charge on any atom is 0.242 e. The van der Waals surface area contributed by atoms with Gasteiger partial charge in [0.25, 0.3) is 0 Å². The fraction of sp³-hybridized carbons (Fsp3) is 0.579. The predicted octanol–water partition coefficient (Wildman–Crippen LogP) is 1.52. The first-order valence-electron chi connectivity index (χ1n) is 9.32. The third kappa shape index (κ3) is 3.75. The summed E-state index contributed by atoms with van der Waals surface area (Å²) >= 11 is 0. The van der Waals surface area contributed by atoms with Crippen LogP contribution in [0.25, 0.3) is 0 Å². The van der Waals surface area contributed by atoms with Gasteiger partial charge in [-0.15, -0.1) is 12.4 Å². The number of hydrogen-bond donors (Lipinski definition) is 1. The van der Waals surface area contributed by atoms with Crippen molar-refractivity contribution in [1.29, 1.82) is 0 Å². The van der Waals surface area contributed by atoms with E-state index in [0.29, 0.717) is 32.7 Å². The second-order valence-electron chi connectivity index (χ2n) is 7.35. The number of anilines is 2. The van der Waals surface area contributed by atoms with E-state index in [1.807, 2.05) is 21.9 Å². The summed E-state index contributed by atoms with van der Waals surface area (Å²) in [4.78, 5) is 30.8. The van der Waals surface area contributed by atoms with Crippen LogP contribution in [-0.2, 0) is 16.0 Å². The number of nitrogen functional groups attached to an aromatic ring is 1. The minimum Gasteiger partial charge on any atom is -0.398 e. The highest BCUT2D eigenvalue weighted by atomic mass is 35.5. The lowest BCUT2D eigenvalue weighted by molar-refractivity contribution is -0.139. The van der Waals surface area contributed by atoms with E-state index < -0.39 is 0 Å². The molecule has 4 rings (SSSR count). The molecule has 2 amide bonds. The summed E-state index contributed by atoms with van der Waals surface area (Å²) < 4.78 is 0. The SMILES string of the molecule is Cl.Nc1cccc2c1CCCN2CC(=O)N1CCN(C(=O)C2CC2)CC1. The minimum absolute atomic E-state index is 0.